The maximum absolute atomic E-state index is 11.8. The standard InChI is InChI=1S/C11H19NO4/c1-7-8(9(13)14)5-6-12(7)10(15)16-11(2,3)4/h7-8H,5-6H2,1-4H3,(H,13,14)/t7-,8?/m0/s1. The number of hydrogen-bond donors (Lipinski definition) is 1. The number of ether oxygens (including phenoxy) is 1. The van der Waals surface area contributed by atoms with Gasteiger partial charge in [0.25, 0.3) is 0 Å². The zero-order valence-corrected chi connectivity index (χ0v) is 10.2. The second-order valence-electron chi connectivity index (χ2n) is 5.15. The fraction of sp³-hybridized carbons (Fsp3) is 0.818. The number of carbonyl (C=O) groups is 2. The van der Waals surface area contributed by atoms with Crippen molar-refractivity contribution in [1.82, 2.24) is 4.90 Å². The van der Waals surface area contributed by atoms with Crippen molar-refractivity contribution in [3.8, 4) is 0 Å². The van der Waals surface area contributed by atoms with Gasteiger partial charge in [-0.25, -0.2) is 4.79 Å². The van der Waals surface area contributed by atoms with Gasteiger partial charge in [0, 0.05) is 12.6 Å². The number of aliphatic carboxylic acids is 1. The van der Waals surface area contributed by atoms with Gasteiger partial charge < -0.3 is 14.7 Å². The van der Waals surface area contributed by atoms with Crippen molar-refractivity contribution < 1.29 is 19.4 Å². The summed E-state index contributed by atoms with van der Waals surface area (Å²) in [6.45, 7) is 7.57. The summed E-state index contributed by atoms with van der Waals surface area (Å²) in [7, 11) is 0. The highest BCUT2D eigenvalue weighted by atomic mass is 16.6. The second kappa shape index (κ2) is 4.31. The first kappa shape index (κ1) is 12.8. The van der Waals surface area contributed by atoms with Crippen LogP contribution in [-0.4, -0.2) is 40.3 Å². The summed E-state index contributed by atoms with van der Waals surface area (Å²) in [6, 6.07) is -0.299. The average Bonchev–Trinajstić information content (AvgIpc) is 2.43. The Balaban J connectivity index is 2.63. The quantitative estimate of drug-likeness (QED) is 0.743. The van der Waals surface area contributed by atoms with E-state index in [0.29, 0.717) is 13.0 Å². The minimum absolute atomic E-state index is 0.299. The highest BCUT2D eigenvalue weighted by Crippen LogP contribution is 2.26. The van der Waals surface area contributed by atoms with E-state index in [2.05, 4.69) is 0 Å². The van der Waals surface area contributed by atoms with Gasteiger partial charge in [0.05, 0.1) is 5.92 Å². The SMILES string of the molecule is C[C@H]1C(C(=O)O)CCN1C(=O)OC(C)(C)C. The Hall–Kier alpha value is -1.26. The number of carboxylic acids is 1. The van der Waals surface area contributed by atoms with Crippen molar-refractivity contribution in [2.45, 2.75) is 45.8 Å². The first-order valence-electron chi connectivity index (χ1n) is 5.45. The van der Waals surface area contributed by atoms with Crippen LogP contribution in [0, 0.1) is 5.92 Å². The van der Waals surface area contributed by atoms with Gasteiger partial charge in [-0.15, -0.1) is 0 Å². The molecule has 5 nitrogen and oxygen atoms in total. The molecule has 0 radical (unpaired) electrons. The van der Waals surface area contributed by atoms with Crippen LogP contribution in [0.2, 0.25) is 0 Å². The summed E-state index contributed by atoms with van der Waals surface area (Å²) in [5.74, 6) is -1.33. The smallest absolute Gasteiger partial charge is 0.410 e. The van der Waals surface area contributed by atoms with Crippen LogP contribution < -0.4 is 0 Å². The molecule has 1 rings (SSSR count). The topological polar surface area (TPSA) is 66.8 Å². The lowest BCUT2D eigenvalue weighted by atomic mass is 10.0. The molecule has 5 heteroatoms. The molecule has 0 spiro atoms. The molecule has 92 valence electrons. The third-order valence-corrected chi connectivity index (χ3v) is 2.70. The van der Waals surface area contributed by atoms with E-state index in [9.17, 15) is 9.59 Å². The number of rotatable bonds is 1. The van der Waals surface area contributed by atoms with Crippen molar-refractivity contribution in [1.29, 1.82) is 0 Å². The molecule has 16 heavy (non-hydrogen) atoms. The third-order valence-electron chi connectivity index (χ3n) is 2.70. The summed E-state index contributed by atoms with van der Waals surface area (Å²) >= 11 is 0. The molecule has 0 bridgehead atoms. The molecule has 0 aliphatic carbocycles. The molecule has 0 saturated carbocycles. The number of nitrogens with zero attached hydrogens (tertiary/aromatic N) is 1. The predicted molar refractivity (Wildman–Crippen MR) is 58.1 cm³/mol. The van der Waals surface area contributed by atoms with Gasteiger partial charge in [0.1, 0.15) is 5.60 Å². The average molecular weight is 229 g/mol. The number of carboxylic acid groups (broad SMARTS) is 1. The summed E-state index contributed by atoms with van der Waals surface area (Å²) in [4.78, 5) is 24.1. The monoisotopic (exact) mass is 229 g/mol. The van der Waals surface area contributed by atoms with E-state index < -0.39 is 23.6 Å². The zero-order valence-electron chi connectivity index (χ0n) is 10.2. The van der Waals surface area contributed by atoms with Crippen molar-refractivity contribution in [2.24, 2.45) is 5.92 Å². The molecule has 1 aliphatic heterocycles. The highest BCUT2D eigenvalue weighted by molar-refractivity contribution is 5.75. The fourth-order valence-electron chi connectivity index (χ4n) is 1.85. The van der Waals surface area contributed by atoms with Gasteiger partial charge in [0.2, 0.25) is 0 Å². The molecule has 1 amide bonds. The Morgan fingerprint density at radius 2 is 1.94 bits per heavy atom. The number of likely N-dealkylation sites (tertiary alicyclic amines) is 1. The van der Waals surface area contributed by atoms with Crippen LogP contribution in [-0.2, 0) is 9.53 Å². The van der Waals surface area contributed by atoms with E-state index in [1.165, 1.54) is 4.90 Å². The maximum Gasteiger partial charge on any atom is 0.410 e. The minimum Gasteiger partial charge on any atom is -0.481 e. The van der Waals surface area contributed by atoms with Crippen LogP contribution in [0.5, 0.6) is 0 Å². The molecular formula is C11H19NO4. The molecule has 1 unspecified atom stereocenters. The van der Waals surface area contributed by atoms with E-state index in [4.69, 9.17) is 9.84 Å². The fourth-order valence-corrected chi connectivity index (χ4v) is 1.85. The molecule has 1 heterocycles. The van der Waals surface area contributed by atoms with Gasteiger partial charge in [-0.2, -0.15) is 0 Å². The number of hydrogen-bond acceptors (Lipinski definition) is 3. The van der Waals surface area contributed by atoms with Crippen molar-refractivity contribution >= 4 is 12.1 Å². The first-order chi connectivity index (χ1) is 7.22. The Bertz CT molecular complexity index is 295. The van der Waals surface area contributed by atoms with Gasteiger partial charge in [-0.1, -0.05) is 0 Å². The predicted octanol–water partition coefficient (Wildman–Crippen LogP) is 1.72. The lowest BCUT2D eigenvalue weighted by Crippen LogP contribution is -2.41. The van der Waals surface area contributed by atoms with Crippen LogP contribution in [0.3, 0.4) is 0 Å². The Morgan fingerprint density at radius 1 is 1.38 bits per heavy atom. The van der Waals surface area contributed by atoms with Crippen LogP contribution in [0.15, 0.2) is 0 Å². The molecule has 0 aromatic carbocycles. The minimum atomic E-state index is -0.849. The lowest BCUT2D eigenvalue weighted by molar-refractivity contribution is -0.142. The largest absolute Gasteiger partial charge is 0.481 e. The molecule has 1 fully saturated rings. The van der Waals surface area contributed by atoms with Crippen LogP contribution in [0.25, 0.3) is 0 Å². The molecular weight excluding hydrogens is 210 g/mol. The van der Waals surface area contributed by atoms with E-state index >= 15 is 0 Å². The molecule has 0 aromatic heterocycles. The normalized spacial score (nSPS) is 25.6. The van der Waals surface area contributed by atoms with Gasteiger partial charge in [0.15, 0.2) is 0 Å². The molecule has 2 atom stereocenters. The van der Waals surface area contributed by atoms with Crippen molar-refractivity contribution in [2.75, 3.05) is 6.54 Å². The Kier molecular flexibility index (Phi) is 3.45. The lowest BCUT2D eigenvalue weighted by Gasteiger charge is -2.27. The zero-order chi connectivity index (χ0) is 12.5. The summed E-state index contributed by atoms with van der Waals surface area (Å²) < 4.78 is 5.21. The van der Waals surface area contributed by atoms with Crippen molar-refractivity contribution in [3.05, 3.63) is 0 Å². The first-order valence-corrected chi connectivity index (χ1v) is 5.45. The highest BCUT2D eigenvalue weighted by Gasteiger charge is 2.39. The van der Waals surface area contributed by atoms with Gasteiger partial charge >= 0.3 is 12.1 Å². The van der Waals surface area contributed by atoms with E-state index in [1.54, 1.807) is 27.7 Å². The van der Waals surface area contributed by atoms with E-state index in [-0.39, 0.29) is 6.04 Å². The molecule has 1 N–H and O–H groups in total. The maximum atomic E-state index is 11.8. The Morgan fingerprint density at radius 3 is 2.31 bits per heavy atom. The molecule has 1 saturated heterocycles. The third kappa shape index (κ3) is 2.87. The Labute approximate surface area is 95.4 Å². The second-order valence-corrected chi connectivity index (χ2v) is 5.15. The van der Waals surface area contributed by atoms with Gasteiger partial charge in [-0.3, -0.25) is 4.79 Å². The van der Waals surface area contributed by atoms with E-state index in [0.717, 1.165) is 0 Å². The van der Waals surface area contributed by atoms with Crippen LogP contribution >= 0.6 is 0 Å². The summed E-state index contributed by atoms with van der Waals surface area (Å²) in [6.07, 6.45) is 0.0687. The number of amides is 1. The van der Waals surface area contributed by atoms with Crippen LogP contribution in [0.4, 0.5) is 4.79 Å². The summed E-state index contributed by atoms with van der Waals surface area (Å²) in [5.41, 5.74) is -0.544. The van der Waals surface area contributed by atoms with E-state index in [1.807, 2.05) is 0 Å². The number of carbonyl (C=O) groups excluding carboxylic acids is 1. The van der Waals surface area contributed by atoms with Gasteiger partial charge in [-0.05, 0) is 34.1 Å². The van der Waals surface area contributed by atoms with Crippen molar-refractivity contribution in [3.63, 3.8) is 0 Å². The van der Waals surface area contributed by atoms with Crippen LogP contribution in [0.1, 0.15) is 34.1 Å². The molecule has 0 aromatic rings. The molecule has 1 aliphatic rings. The summed E-state index contributed by atoms with van der Waals surface area (Å²) in [5, 5.41) is 8.94.